The minimum atomic E-state index is -0.258. The molecule has 1 aromatic heterocycles. The molecule has 2 N–H and O–H groups in total. The van der Waals surface area contributed by atoms with Crippen LogP contribution in [0.25, 0.3) is 0 Å². The monoisotopic (exact) mass is 186 g/mol. The van der Waals surface area contributed by atoms with Crippen molar-refractivity contribution < 1.29 is 9.53 Å². The molecule has 0 fully saturated rings. The summed E-state index contributed by atoms with van der Waals surface area (Å²) in [6.07, 6.45) is 0.218. The molecule has 0 aromatic carbocycles. The van der Waals surface area contributed by atoms with Gasteiger partial charge in [-0.25, -0.2) is 4.98 Å². The summed E-state index contributed by atoms with van der Waals surface area (Å²) in [5.41, 5.74) is 5.38. The number of carbonyl (C=O) groups excluding carboxylic acids is 1. The molecule has 0 unspecified atom stereocenters. The summed E-state index contributed by atoms with van der Waals surface area (Å²) in [6.45, 7) is 2.17. The molecule has 0 radical (unpaired) electrons. The fourth-order valence-corrected chi connectivity index (χ4v) is 1.41. The van der Waals surface area contributed by atoms with E-state index in [4.69, 9.17) is 10.5 Å². The minimum Gasteiger partial charge on any atom is -0.466 e. The molecule has 0 amide bonds. The van der Waals surface area contributed by atoms with E-state index in [2.05, 4.69) is 4.98 Å². The number of anilines is 1. The van der Waals surface area contributed by atoms with Gasteiger partial charge < -0.3 is 10.5 Å². The van der Waals surface area contributed by atoms with Crippen molar-refractivity contribution in [3.05, 3.63) is 10.4 Å². The smallest absolute Gasteiger partial charge is 0.312 e. The second-order valence-corrected chi connectivity index (χ2v) is 3.09. The minimum absolute atomic E-state index is 0.218. The van der Waals surface area contributed by atoms with E-state index in [1.165, 1.54) is 11.3 Å². The average Bonchev–Trinajstić information content (AvgIpc) is 2.36. The Kier molecular flexibility index (Phi) is 3.04. The maximum atomic E-state index is 10.9. The van der Waals surface area contributed by atoms with Gasteiger partial charge in [0.2, 0.25) is 0 Å². The molecule has 0 aliphatic heterocycles. The number of carbonyl (C=O) groups is 1. The Bertz CT molecular complexity index is 272. The quantitative estimate of drug-likeness (QED) is 0.710. The Morgan fingerprint density at radius 2 is 2.58 bits per heavy atom. The number of esters is 1. The van der Waals surface area contributed by atoms with E-state index < -0.39 is 0 Å². The van der Waals surface area contributed by atoms with Crippen molar-refractivity contribution in [2.75, 3.05) is 12.3 Å². The lowest BCUT2D eigenvalue weighted by atomic mass is 10.4. The lowest BCUT2D eigenvalue weighted by Crippen LogP contribution is -2.07. The Morgan fingerprint density at radius 1 is 1.83 bits per heavy atom. The van der Waals surface area contributed by atoms with E-state index in [0.29, 0.717) is 17.4 Å². The van der Waals surface area contributed by atoms with Crippen molar-refractivity contribution in [3.8, 4) is 0 Å². The Labute approximate surface area is 74.4 Å². The van der Waals surface area contributed by atoms with Gasteiger partial charge in [-0.3, -0.25) is 4.79 Å². The van der Waals surface area contributed by atoms with Gasteiger partial charge in [0.25, 0.3) is 0 Å². The predicted molar refractivity (Wildman–Crippen MR) is 46.9 cm³/mol. The van der Waals surface area contributed by atoms with Crippen LogP contribution in [0.5, 0.6) is 0 Å². The molecule has 5 heteroatoms. The summed E-state index contributed by atoms with van der Waals surface area (Å²) < 4.78 is 4.74. The molecule has 12 heavy (non-hydrogen) atoms. The maximum absolute atomic E-state index is 10.9. The van der Waals surface area contributed by atoms with Crippen molar-refractivity contribution in [3.63, 3.8) is 0 Å². The van der Waals surface area contributed by atoms with E-state index >= 15 is 0 Å². The SMILES string of the molecule is CCOC(=O)Cc1nc(N)cs1. The molecular formula is C7H10N2O2S. The zero-order valence-corrected chi connectivity index (χ0v) is 7.56. The van der Waals surface area contributed by atoms with Crippen LogP contribution < -0.4 is 5.73 Å². The largest absolute Gasteiger partial charge is 0.466 e. The van der Waals surface area contributed by atoms with Crippen LogP contribution in [0.2, 0.25) is 0 Å². The van der Waals surface area contributed by atoms with Crippen molar-refractivity contribution in [1.82, 2.24) is 4.98 Å². The first-order chi connectivity index (χ1) is 5.72. The van der Waals surface area contributed by atoms with Crippen LogP contribution in [-0.4, -0.2) is 17.6 Å². The first kappa shape index (κ1) is 8.99. The summed E-state index contributed by atoms with van der Waals surface area (Å²) >= 11 is 1.37. The molecule has 1 rings (SSSR count). The fraction of sp³-hybridized carbons (Fsp3) is 0.429. The van der Waals surface area contributed by atoms with Crippen LogP contribution in [0, 0.1) is 0 Å². The number of aromatic nitrogens is 1. The van der Waals surface area contributed by atoms with Crippen LogP contribution in [0.1, 0.15) is 11.9 Å². The predicted octanol–water partition coefficient (Wildman–Crippen LogP) is 0.831. The molecule has 0 bridgehead atoms. The van der Waals surface area contributed by atoms with E-state index in [-0.39, 0.29) is 12.4 Å². The molecule has 0 aliphatic carbocycles. The third-order valence-electron chi connectivity index (χ3n) is 1.17. The Morgan fingerprint density at radius 3 is 3.08 bits per heavy atom. The highest BCUT2D eigenvalue weighted by molar-refractivity contribution is 7.10. The molecule has 1 aromatic rings. The van der Waals surface area contributed by atoms with Gasteiger partial charge in [0.15, 0.2) is 0 Å². The highest BCUT2D eigenvalue weighted by atomic mass is 32.1. The number of ether oxygens (including phenoxy) is 1. The van der Waals surface area contributed by atoms with Gasteiger partial charge in [0.1, 0.15) is 10.8 Å². The first-order valence-electron chi connectivity index (χ1n) is 3.58. The van der Waals surface area contributed by atoms with Crippen LogP contribution in [0.15, 0.2) is 5.38 Å². The van der Waals surface area contributed by atoms with Crippen molar-refractivity contribution in [2.45, 2.75) is 13.3 Å². The van der Waals surface area contributed by atoms with Gasteiger partial charge in [0.05, 0.1) is 13.0 Å². The molecule has 0 saturated heterocycles. The van der Waals surface area contributed by atoms with E-state index in [9.17, 15) is 4.79 Å². The summed E-state index contributed by atoms with van der Waals surface area (Å²) in [4.78, 5) is 14.9. The van der Waals surface area contributed by atoms with Crippen LogP contribution in [0.3, 0.4) is 0 Å². The molecule has 0 aliphatic rings. The first-order valence-corrected chi connectivity index (χ1v) is 4.46. The molecule has 4 nitrogen and oxygen atoms in total. The fourth-order valence-electron chi connectivity index (χ4n) is 0.742. The highest BCUT2D eigenvalue weighted by Crippen LogP contribution is 2.11. The molecule has 66 valence electrons. The van der Waals surface area contributed by atoms with Gasteiger partial charge in [-0.15, -0.1) is 11.3 Å². The lowest BCUT2D eigenvalue weighted by Gasteiger charge is -1.97. The van der Waals surface area contributed by atoms with Gasteiger partial charge in [-0.05, 0) is 6.92 Å². The van der Waals surface area contributed by atoms with Gasteiger partial charge in [-0.2, -0.15) is 0 Å². The van der Waals surface area contributed by atoms with E-state index in [1.54, 1.807) is 12.3 Å². The zero-order valence-electron chi connectivity index (χ0n) is 6.74. The number of nitrogen functional groups attached to an aromatic ring is 1. The van der Waals surface area contributed by atoms with Crippen LogP contribution in [0.4, 0.5) is 5.82 Å². The number of nitrogens with zero attached hydrogens (tertiary/aromatic N) is 1. The Hall–Kier alpha value is -1.10. The van der Waals surface area contributed by atoms with Crippen LogP contribution >= 0.6 is 11.3 Å². The average molecular weight is 186 g/mol. The van der Waals surface area contributed by atoms with E-state index in [0.717, 1.165) is 0 Å². The summed E-state index contributed by atoms with van der Waals surface area (Å²) in [7, 11) is 0. The highest BCUT2D eigenvalue weighted by Gasteiger charge is 2.06. The van der Waals surface area contributed by atoms with Crippen molar-refractivity contribution in [1.29, 1.82) is 0 Å². The standard InChI is InChI=1S/C7H10N2O2S/c1-2-11-7(10)3-6-9-5(8)4-12-6/h4H,2-3,8H2,1H3. The Balaban J connectivity index is 2.46. The maximum Gasteiger partial charge on any atom is 0.312 e. The van der Waals surface area contributed by atoms with Gasteiger partial charge in [-0.1, -0.05) is 0 Å². The molecule has 0 spiro atoms. The summed E-state index contributed by atoms with van der Waals surface area (Å²) in [6, 6.07) is 0. The van der Waals surface area contributed by atoms with Crippen LogP contribution in [-0.2, 0) is 16.0 Å². The molecule has 1 heterocycles. The second-order valence-electron chi connectivity index (χ2n) is 2.15. The molecule has 0 saturated carbocycles. The van der Waals surface area contributed by atoms with Gasteiger partial charge >= 0.3 is 5.97 Å². The normalized spacial score (nSPS) is 9.75. The summed E-state index contributed by atoms with van der Waals surface area (Å²) in [5, 5.41) is 2.40. The number of hydrogen-bond acceptors (Lipinski definition) is 5. The molecular weight excluding hydrogens is 176 g/mol. The van der Waals surface area contributed by atoms with E-state index in [1.807, 2.05) is 0 Å². The zero-order chi connectivity index (χ0) is 8.97. The summed E-state index contributed by atoms with van der Waals surface area (Å²) in [5.74, 6) is 0.200. The number of rotatable bonds is 3. The third-order valence-corrected chi connectivity index (χ3v) is 2.04. The number of nitrogens with two attached hydrogens (primary N) is 1. The third kappa shape index (κ3) is 2.50. The van der Waals surface area contributed by atoms with Crippen molar-refractivity contribution >= 4 is 23.1 Å². The topological polar surface area (TPSA) is 65.2 Å². The number of hydrogen-bond donors (Lipinski definition) is 1. The van der Waals surface area contributed by atoms with Gasteiger partial charge in [0, 0.05) is 5.38 Å². The lowest BCUT2D eigenvalue weighted by molar-refractivity contribution is -0.142. The number of thiazole rings is 1. The second kappa shape index (κ2) is 4.06. The molecule has 0 atom stereocenters. The van der Waals surface area contributed by atoms with Crippen molar-refractivity contribution in [2.24, 2.45) is 0 Å².